The highest BCUT2D eigenvalue weighted by molar-refractivity contribution is 5.99. The van der Waals surface area contributed by atoms with Crippen LogP contribution in [0.1, 0.15) is 5.56 Å². The molecule has 0 bridgehead atoms. The Bertz CT molecular complexity index is 450. The maximum Gasteiger partial charge on any atom is 0.356 e. The summed E-state index contributed by atoms with van der Waals surface area (Å²) in [5.41, 5.74) is 5.18. The number of hydrogen-bond acceptors (Lipinski definition) is 4. The predicted octanol–water partition coefficient (Wildman–Crippen LogP) is -0.414. The van der Waals surface area contributed by atoms with Crippen molar-refractivity contribution in [3.05, 3.63) is 35.4 Å². The molecule has 0 aromatic heterocycles. The fourth-order valence-corrected chi connectivity index (χ4v) is 1.38. The molecule has 0 aliphatic carbocycles. The Hall–Kier alpha value is -1.85. The zero-order valence-corrected chi connectivity index (χ0v) is 7.68. The summed E-state index contributed by atoms with van der Waals surface area (Å²) in [7, 11) is 0. The minimum Gasteiger partial charge on any atom is -0.435 e. The van der Waals surface area contributed by atoms with Gasteiger partial charge in [-0.1, -0.05) is 18.2 Å². The summed E-state index contributed by atoms with van der Waals surface area (Å²) in [6.07, 6.45) is 1.29. The fraction of sp³-hybridized carbons (Fsp3) is 0.100. The zero-order valence-electron chi connectivity index (χ0n) is 7.68. The fourth-order valence-electron chi connectivity index (χ4n) is 1.38. The number of ether oxygens (including phenoxy) is 1. The summed E-state index contributed by atoms with van der Waals surface area (Å²) in [5, 5.41) is 18.8. The second-order valence-electron chi connectivity index (χ2n) is 3.17. The van der Waals surface area contributed by atoms with Gasteiger partial charge in [-0.3, -0.25) is 4.79 Å². The lowest BCUT2D eigenvalue weighted by Gasteiger charge is -2.28. The summed E-state index contributed by atoms with van der Waals surface area (Å²) in [6, 6.07) is 6.65. The van der Waals surface area contributed by atoms with Crippen molar-refractivity contribution in [3.63, 3.8) is 0 Å². The standard InChI is InChI=1S/C10H9NO4/c11-9(12)7-5-6-3-1-2-4-8(6)15-10(7,13)14/h1-5,13-14H,(H2,11,12). The topological polar surface area (TPSA) is 92.8 Å². The van der Waals surface area contributed by atoms with Crippen molar-refractivity contribution in [2.24, 2.45) is 5.73 Å². The SMILES string of the molecule is NC(=O)C1=Cc2ccccc2OC1(O)O. The number of carbonyl (C=O) groups excluding carboxylic acids is 1. The number of nitrogens with two attached hydrogens (primary N) is 1. The van der Waals surface area contributed by atoms with E-state index in [9.17, 15) is 15.0 Å². The van der Waals surface area contributed by atoms with Crippen molar-refractivity contribution in [2.45, 2.75) is 5.97 Å². The van der Waals surface area contributed by atoms with Gasteiger partial charge in [0.25, 0.3) is 5.91 Å². The average molecular weight is 207 g/mol. The van der Waals surface area contributed by atoms with Crippen molar-refractivity contribution in [3.8, 4) is 5.75 Å². The summed E-state index contributed by atoms with van der Waals surface area (Å²) in [5.74, 6) is -3.30. The largest absolute Gasteiger partial charge is 0.435 e. The summed E-state index contributed by atoms with van der Waals surface area (Å²) in [4.78, 5) is 10.9. The summed E-state index contributed by atoms with van der Waals surface area (Å²) < 4.78 is 4.84. The van der Waals surface area contributed by atoms with Crippen LogP contribution < -0.4 is 10.5 Å². The molecule has 0 saturated heterocycles. The minimum absolute atomic E-state index is 0.285. The third-order valence-electron chi connectivity index (χ3n) is 2.09. The smallest absolute Gasteiger partial charge is 0.356 e. The van der Waals surface area contributed by atoms with Crippen LogP contribution in [-0.2, 0) is 4.79 Å². The molecule has 5 nitrogen and oxygen atoms in total. The maximum absolute atomic E-state index is 10.9. The minimum atomic E-state index is -2.65. The lowest BCUT2D eigenvalue weighted by molar-refractivity contribution is -0.262. The molecule has 1 aliphatic rings. The van der Waals surface area contributed by atoms with Gasteiger partial charge >= 0.3 is 5.97 Å². The van der Waals surface area contributed by atoms with Gasteiger partial charge in [0, 0.05) is 5.56 Å². The first kappa shape index (κ1) is 9.70. The Balaban J connectivity index is 2.57. The first-order valence-corrected chi connectivity index (χ1v) is 4.25. The number of para-hydroxylation sites is 1. The van der Waals surface area contributed by atoms with E-state index in [1.807, 2.05) is 0 Å². The molecular formula is C10H9NO4. The van der Waals surface area contributed by atoms with Gasteiger partial charge in [0.05, 0.1) is 0 Å². The van der Waals surface area contributed by atoms with E-state index < -0.39 is 11.9 Å². The van der Waals surface area contributed by atoms with Crippen LogP contribution in [0.2, 0.25) is 0 Å². The molecule has 1 amide bonds. The molecule has 1 aromatic rings. The van der Waals surface area contributed by atoms with Gasteiger partial charge in [-0.15, -0.1) is 0 Å². The molecule has 1 aliphatic heterocycles. The van der Waals surface area contributed by atoms with E-state index in [1.54, 1.807) is 24.3 Å². The number of aliphatic hydroxyl groups is 2. The van der Waals surface area contributed by atoms with Crippen LogP contribution in [0.3, 0.4) is 0 Å². The van der Waals surface area contributed by atoms with E-state index in [0.29, 0.717) is 5.56 Å². The molecule has 0 fully saturated rings. The highest BCUT2D eigenvalue weighted by Gasteiger charge is 2.38. The van der Waals surface area contributed by atoms with Gasteiger partial charge in [-0.2, -0.15) is 0 Å². The van der Waals surface area contributed by atoms with Gasteiger partial charge in [-0.25, -0.2) is 0 Å². The second-order valence-corrected chi connectivity index (χ2v) is 3.17. The first-order valence-electron chi connectivity index (χ1n) is 4.25. The molecule has 4 N–H and O–H groups in total. The van der Waals surface area contributed by atoms with E-state index in [-0.39, 0.29) is 11.3 Å². The molecule has 0 saturated carbocycles. The lowest BCUT2D eigenvalue weighted by atomic mass is 10.0. The Morgan fingerprint density at radius 1 is 1.33 bits per heavy atom. The summed E-state index contributed by atoms with van der Waals surface area (Å²) >= 11 is 0. The van der Waals surface area contributed by atoms with Crippen LogP contribution in [0.15, 0.2) is 29.8 Å². The second kappa shape index (κ2) is 3.08. The van der Waals surface area contributed by atoms with Crippen LogP contribution in [0.5, 0.6) is 5.75 Å². The molecule has 15 heavy (non-hydrogen) atoms. The highest BCUT2D eigenvalue weighted by atomic mass is 16.8. The molecule has 0 atom stereocenters. The number of amides is 1. The molecule has 0 unspecified atom stereocenters. The van der Waals surface area contributed by atoms with Crippen LogP contribution in [0.25, 0.3) is 6.08 Å². The number of primary amides is 1. The van der Waals surface area contributed by atoms with Gasteiger partial charge in [0.2, 0.25) is 0 Å². The molecule has 5 heteroatoms. The Labute approximate surface area is 85.4 Å². The van der Waals surface area contributed by atoms with Crippen molar-refractivity contribution in [1.29, 1.82) is 0 Å². The van der Waals surface area contributed by atoms with E-state index >= 15 is 0 Å². The normalized spacial score (nSPS) is 17.3. The lowest BCUT2D eigenvalue weighted by Crippen LogP contribution is -2.44. The van der Waals surface area contributed by atoms with Crippen LogP contribution in [-0.4, -0.2) is 22.1 Å². The zero-order chi connectivity index (χ0) is 11.1. The van der Waals surface area contributed by atoms with Gasteiger partial charge in [0.1, 0.15) is 11.3 Å². The van der Waals surface area contributed by atoms with E-state index in [0.717, 1.165) is 0 Å². The number of fused-ring (bicyclic) bond motifs is 1. The third-order valence-corrected chi connectivity index (χ3v) is 2.09. The van der Waals surface area contributed by atoms with Crippen LogP contribution >= 0.6 is 0 Å². The predicted molar refractivity (Wildman–Crippen MR) is 51.4 cm³/mol. The van der Waals surface area contributed by atoms with Crippen molar-refractivity contribution in [2.75, 3.05) is 0 Å². The molecule has 0 spiro atoms. The number of rotatable bonds is 1. The molecule has 1 aromatic carbocycles. The average Bonchev–Trinajstić information content (AvgIpc) is 2.14. The summed E-state index contributed by atoms with van der Waals surface area (Å²) in [6.45, 7) is 0. The Morgan fingerprint density at radius 3 is 2.67 bits per heavy atom. The van der Waals surface area contributed by atoms with Crippen molar-refractivity contribution in [1.82, 2.24) is 0 Å². The van der Waals surface area contributed by atoms with Crippen molar-refractivity contribution < 1.29 is 19.7 Å². The third kappa shape index (κ3) is 1.58. The van der Waals surface area contributed by atoms with Crippen LogP contribution in [0, 0.1) is 0 Å². The first-order chi connectivity index (χ1) is 7.00. The number of benzene rings is 1. The number of hydrogen-bond donors (Lipinski definition) is 3. The van der Waals surface area contributed by atoms with Gasteiger partial charge < -0.3 is 20.7 Å². The quantitative estimate of drug-likeness (QED) is 0.545. The molecule has 2 rings (SSSR count). The van der Waals surface area contributed by atoms with Gasteiger partial charge in [-0.05, 0) is 12.1 Å². The highest BCUT2D eigenvalue weighted by Crippen LogP contribution is 2.32. The molecule has 78 valence electrons. The Kier molecular flexibility index (Phi) is 1.99. The Morgan fingerprint density at radius 2 is 2.00 bits per heavy atom. The van der Waals surface area contributed by atoms with E-state index in [2.05, 4.69) is 0 Å². The van der Waals surface area contributed by atoms with Crippen LogP contribution in [0.4, 0.5) is 0 Å². The van der Waals surface area contributed by atoms with Gasteiger partial charge in [0.15, 0.2) is 0 Å². The van der Waals surface area contributed by atoms with E-state index in [1.165, 1.54) is 6.08 Å². The molecular weight excluding hydrogens is 198 g/mol. The van der Waals surface area contributed by atoms with Crippen molar-refractivity contribution >= 4 is 12.0 Å². The number of carbonyl (C=O) groups is 1. The maximum atomic E-state index is 10.9. The molecule has 0 radical (unpaired) electrons. The van der Waals surface area contributed by atoms with E-state index in [4.69, 9.17) is 10.5 Å². The molecule has 1 heterocycles. The monoisotopic (exact) mass is 207 g/mol.